The molecule has 0 bridgehead atoms. The van der Waals surface area contributed by atoms with E-state index in [4.69, 9.17) is 5.73 Å². The molecule has 1 aliphatic carbocycles. The van der Waals surface area contributed by atoms with Gasteiger partial charge in [0.15, 0.2) is 0 Å². The van der Waals surface area contributed by atoms with Gasteiger partial charge in [0.05, 0.1) is 5.69 Å². The van der Waals surface area contributed by atoms with E-state index in [0.717, 1.165) is 18.8 Å². The van der Waals surface area contributed by atoms with Crippen LogP contribution in [0.15, 0.2) is 6.20 Å². The first-order valence-electron chi connectivity index (χ1n) is 6.46. The van der Waals surface area contributed by atoms with Crippen LogP contribution in [0, 0.1) is 5.92 Å². The zero-order chi connectivity index (χ0) is 12.3. The smallest absolute Gasteiger partial charge is 0.0966 e. The predicted octanol–water partition coefficient (Wildman–Crippen LogP) is 0.764. The minimum Gasteiger partial charge on any atom is -0.330 e. The van der Waals surface area contributed by atoms with Crippen molar-refractivity contribution in [2.24, 2.45) is 18.7 Å². The van der Waals surface area contributed by atoms with Gasteiger partial charge in [-0.3, -0.25) is 9.58 Å². The summed E-state index contributed by atoms with van der Waals surface area (Å²) in [4.78, 5) is 2.39. The second kappa shape index (κ2) is 5.60. The molecule has 2 atom stereocenters. The maximum absolute atomic E-state index is 5.87. The van der Waals surface area contributed by atoms with Crippen LogP contribution < -0.4 is 5.73 Å². The lowest BCUT2D eigenvalue weighted by Gasteiger charge is -2.37. The van der Waals surface area contributed by atoms with Crippen LogP contribution in [0.3, 0.4) is 0 Å². The van der Waals surface area contributed by atoms with E-state index < -0.39 is 0 Å². The molecular weight excluding hydrogens is 214 g/mol. The van der Waals surface area contributed by atoms with Gasteiger partial charge in [-0.2, -0.15) is 0 Å². The second-order valence-electron chi connectivity index (χ2n) is 5.15. The average Bonchev–Trinajstić information content (AvgIpc) is 2.74. The summed E-state index contributed by atoms with van der Waals surface area (Å²) in [5.74, 6) is 0.644. The van der Waals surface area contributed by atoms with Gasteiger partial charge in [0.2, 0.25) is 0 Å². The van der Waals surface area contributed by atoms with Gasteiger partial charge in [0, 0.05) is 25.8 Å². The Morgan fingerprint density at radius 1 is 1.47 bits per heavy atom. The minimum absolute atomic E-state index is 0.607. The zero-order valence-electron chi connectivity index (χ0n) is 10.8. The van der Waals surface area contributed by atoms with Gasteiger partial charge in [-0.15, -0.1) is 5.10 Å². The van der Waals surface area contributed by atoms with E-state index in [0.29, 0.717) is 12.0 Å². The first-order chi connectivity index (χ1) is 8.20. The summed E-state index contributed by atoms with van der Waals surface area (Å²) in [7, 11) is 4.08. The van der Waals surface area contributed by atoms with Crippen LogP contribution in [0.5, 0.6) is 0 Å². The van der Waals surface area contributed by atoms with Crippen LogP contribution in [-0.2, 0) is 13.6 Å². The summed E-state index contributed by atoms with van der Waals surface area (Å²) < 4.78 is 1.75. The van der Waals surface area contributed by atoms with Crippen LogP contribution >= 0.6 is 0 Å². The van der Waals surface area contributed by atoms with Crippen LogP contribution in [-0.4, -0.2) is 39.5 Å². The molecule has 1 fully saturated rings. The molecule has 0 aliphatic heterocycles. The number of nitrogens with two attached hydrogens (primary N) is 1. The molecule has 1 aromatic rings. The van der Waals surface area contributed by atoms with Crippen molar-refractivity contribution in [3.8, 4) is 0 Å². The van der Waals surface area contributed by atoms with Crippen molar-refractivity contribution in [2.45, 2.75) is 38.3 Å². The third-order valence-corrected chi connectivity index (χ3v) is 3.80. The third kappa shape index (κ3) is 3.04. The Morgan fingerprint density at radius 2 is 2.24 bits per heavy atom. The van der Waals surface area contributed by atoms with Crippen molar-refractivity contribution in [1.29, 1.82) is 0 Å². The molecule has 17 heavy (non-hydrogen) atoms. The van der Waals surface area contributed by atoms with Crippen molar-refractivity contribution in [1.82, 2.24) is 19.9 Å². The Kier molecular flexibility index (Phi) is 4.12. The Morgan fingerprint density at radius 3 is 2.88 bits per heavy atom. The molecule has 2 rings (SSSR count). The SMILES string of the molecule is CN(Cc1cn(C)nn1)C1CCCCC1CN. The van der Waals surface area contributed by atoms with Gasteiger partial charge in [-0.25, -0.2) is 0 Å². The highest BCUT2D eigenvalue weighted by Crippen LogP contribution is 2.27. The fourth-order valence-electron chi connectivity index (χ4n) is 2.88. The largest absolute Gasteiger partial charge is 0.330 e. The van der Waals surface area contributed by atoms with Crippen molar-refractivity contribution in [2.75, 3.05) is 13.6 Å². The van der Waals surface area contributed by atoms with Gasteiger partial charge in [0.25, 0.3) is 0 Å². The Labute approximate surface area is 103 Å². The molecule has 0 radical (unpaired) electrons. The lowest BCUT2D eigenvalue weighted by Crippen LogP contribution is -2.42. The van der Waals surface area contributed by atoms with Crippen LogP contribution in [0.1, 0.15) is 31.4 Å². The first kappa shape index (κ1) is 12.5. The van der Waals surface area contributed by atoms with E-state index in [9.17, 15) is 0 Å². The Balaban J connectivity index is 1.95. The lowest BCUT2D eigenvalue weighted by molar-refractivity contribution is 0.126. The third-order valence-electron chi connectivity index (χ3n) is 3.80. The Hall–Kier alpha value is -0.940. The molecule has 0 aromatic carbocycles. The lowest BCUT2D eigenvalue weighted by atomic mass is 9.83. The van der Waals surface area contributed by atoms with Gasteiger partial charge in [0.1, 0.15) is 0 Å². The molecule has 0 saturated heterocycles. The summed E-state index contributed by atoms with van der Waals surface area (Å²) in [6.45, 7) is 1.67. The topological polar surface area (TPSA) is 60.0 Å². The van der Waals surface area contributed by atoms with Gasteiger partial charge in [-0.05, 0) is 32.4 Å². The second-order valence-corrected chi connectivity index (χ2v) is 5.15. The quantitative estimate of drug-likeness (QED) is 0.840. The molecule has 96 valence electrons. The van der Waals surface area contributed by atoms with E-state index in [2.05, 4.69) is 22.3 Å². The fourth-order valence-corrected chi connectivity index (χ4v) is 2.88. The maximum atomic E-state index is 5.87. The average molecular weight is 237 g/mol. The number of rotatable bonds is 4. The van der Waals surface area contributed by atoms with Crippen molar-refractivity contribution in [3.63, 3.8) is 0 Å². The van der Waals surface area contributed by atoms with Crippen molar-refractivity contribution < 1.29 is 0 Å². The summed E-state index contributed by atoms with van der Waals surface area (Å²) in [6.07, 6.45) is 7.17. The number of aryl methyl sites for hydroxylation is 1. The number of hydrogen-bond donors (Lipinski definition) is 1. The van der Waals surface area contributed by atoms with Crippen LogP contribution in [0.25, 0.3) is 0 Å². The van der Waals surface area contributed by atoms with Crippen molar-refractivity contribution in [3.05, 3.63) is 11.9 Å². The number of hydrogen-bond acceptors (Lipinski definition) is 4. The summed E-state index contributed by atoms with van der Waals surface area (Å²) in [5.41, 5.74) is 6.91. The van der Waals surface area contributed by atoms with E-state index in [1.54, 1.807) is 4.68 Å². The van der Waals surface area contributed by atoms with Gasteiger partial charge < -0.3 is 5.73 Å². The molecule has 5 heteroatoms. The monoisotopic (exact) mass is 237 g/mol. The highest BCUT2D eigenvalue weighted by molar-refractivity contribution is 4.93. The molecular formula is C12H23N5. The predicted molar refractivity (Wildman–Crippen MR) is 67.3 cm³/mol. The van der Waals surface area contributed by atoms with Crippen molar-refractivity contribution >= 4 is 0 Å². The standard InChI is InChI=1S/C12H23N5/c1-16(8-11-9-17(2)15-14-11)12-6-4-3-5-10(12)7-13/h9-10,12H,3-8,13H2,1-2H3. The Bertz CT molecular complexity index is 348. The van der Waals surface area contributed by atoms with Crippen LogP contribution in [0.2, 0.25) is 0 Å². The van der Waals surface area contributed by atoms with Crippen LogP contribution in [0.4, 0.5) is 0 Å². The zero-order valence-corrected chi connectivity index (χ0v) is 10.8. The maximum Gasteiger partial charge on any atom is 0.0966 e. The van der Waals surface area contributed by atoms with Gasteiger partial charge in [-0.1, -0.05) is 18.1 Å². The van der Waals surface area contributed by atoms with E-state index in [1.807, 2.05) is 13.2 Å². The number of aromatic nitrogens is 3. The molecule has 2 unspecified atom stereocenters. The molecule has 0 amide bonds. The molecule has 1 heterocycles. The minimum atomic E-state index is 0.607. The molecule has 5 nitrogen and oxygen atoms in total. The molecule has 2 N–H and O–H groups in total. The molecule has 1 aliphatic rings. The summed E-state index contributed by atoms with van der Waals surface area (Å²) >= 11 is 0. The summed E-state index contributed by atoms with van der Waals surface area (Å²) in [5, 5.41) is 8.11. The molecule has 1 aromatic heterocycles. The summed E-state index contributed by atoms with van der Waals surface area (Å²) in [6, 6.07) is 0.607. The number of nitrogens with zero attached hydrogens (tertiary/aromatic N) is 4. The van der Waals surface area contributed by atoms with Gasteiger partial charge >= 0.3 is 0 Å². The first-order valence-corrected chi connectivity index (χ1v) is 6.46. The van der Waals surface area contributed by atoms with E-state index >= 15 is 0 Å². The highest BCUT2D eigenvalue weighted by atomic mass is 15.4. The van der Waals surface area contributed by atoms with E-state index in [1.165, 1.54) is 25.7 Å². The molecule has 0 spiro atoms. The molecule has 1 saturated carbocycles. The highest BCUT2D eigenvalue weighted by Gasteiger charge is 2.27. The fraction of sp³-hybridized carbons (Fsp3) is 0.833. The normalized spacial score (nSPS) is 25.4. The van der Waals surface area contributed by atoms with E-state index in [-0.39, 0.29) is 0 Å².